The van der Waals surface area contributed by atoms with Crippen molar-refractivity contribution in [3.63, 3.8) is 0 Å². The molecule has 25 heavy (non-hydrogen) atoms. The van der Waals surface area contributed by atoms with Crippen LogP contribution in [0.4, 0.5) is 0 Å². The average Bonchev–Trinajstić information content (AvgIpc) is 2.59. The van der Waals surface area contributed by atoms with Gasteiger partial charge in [-0.15, -0.1) is 0 Å². The van der Waals surface area contributed by atoms with Crippen LogP contribution in [-0.4, -0.2) is 46.7 Å². The molecule has 0 unspecified atom stereocenters. The Bertz CT molecular complexity index is 685. The maximum absolute atomic E-state index is 12.5. The lowest BCUT2D eigenvalue weighted by atomic mass is 9.94. The molecule has 0 aliphatic rings. The zero-order chi connectivity index (χ0) is 19.1. The van der Waals surface area contributed by atoms with E-state index in [2.05, 4.69) is 10.0 Å². The molecular weight excluding hydrogens is 342 g/mol. The predicted octanol–water partition coefficient (Wildman–Crippen LogP) is 1.17. The topological polar surface area (TPSA) is 111 Å². The van der Waals surface area contributed by atoms with Crippen LogP contribution in [0.15, 0.2) is 23.1 Å². The number of nitrogens with two attached hydrogens (primary N) is 1. The standard InChI is InChI=1S/C17H29N3O4S/c1-5-17(18,6-2)12-19-16(21)15-11-14(8-7-13(15)3)25(22,23)20-9-10-24-4/h7-8,11,20H,5-6,9-10,12,18H2,1-4H3,(H,19,21). The number of sulfonamides is 1. The van der Waals surface area contributed by atoms with Gasteiger partial charge in [-0.1, -0.05) is 19.9 Å². The molecule has 0 atom stereocenters. The van der Waals surface area contributed by atoms with Gasteiger partial charge in [0.25, 0.3) is 5.91 Å². The second kappa shape index (κ2) is 9.28. The summed E-state index contributed by atoms with van der Waals surface area (Å²) in [7, 11) is -2.20. The van der Waals surface area contributed by atoms with E-state index >= 15 is 0 Å². The van der Waals surface area contributed by atoms with Crippen LogP contribution >= 0.6 is 0 Å². The normalized spacial score (nSPS) is 12.2. The average molecular weight is 372 g/mol. The van der Waals surface area contributed by atoms with E-state index < -0.39 is 15.6 Å². The van der Waals surface area contributed by atoms with Crippen LogP contribution in [0.2, 0.25) is 0 Å². The van der Waals surface area contributed by atoms with Gasteiger partial charge in [0.2, 0.25) is 10.0 Å². The van der Waals surface area contributed by atoms with E-state index in [1.54, 1.807) is 13.0 Å². The summed E-state index contributed by atoms with van der Waals surface area (Å²) >= 11 is 0. The molecule has 1 amide bonds. The number of hydrogen-bond acceptors (Lipinski definition) is 5. The van der Waals surface area contributed by atoms with E-state index in [-0.39, 0.29) is 24.0 Å². The van der Waals surface area contributed by atoms with Crippen molar-refractivity contribution >= 4 is 15.9 Å². The van der Waals surface area contributed by atoms with E-state index in [0.29, 0.717) is 17.7 Å². The number of ether oxygens (including phenoxy) is 1. The van der Waals surface area contributed by atoms with E-state index in [0.717, 1.165) is 12.8 Å². The summed E-state index contributed by atoms with van der Waals surface area (Å²) in [6.07, 6.45) is 1.47. The number of benzene rings is 1. The summed E-state index contributed by atoms with van der Waals surface area (Å²) in [5.74, 6) is -0.330. The highest BCUT2D eigenvalue weighted by molar-refractivity contribution is 7.89. The van der Waals surface area contributed by atoms with Crippen LogP contribution in [0.5, 0.6) is 0 Å². The van der Waals surface area contributed by atoms with Crippen LogP contribution in [0.1, 0.15) is 42.6 Å². The van der Waals surface area contributed by atoms with Crippen molar-refractivity contribution in [3.8, 4) is 0 Å². The zero-order valence-electron chi connectivity index (χ0n) is 15.4. The van der Waals surface area contributed by atoms with Crippen molar-refractivity contribution in [1.82, 2.24) is 10.0 Å². The van der Waals surface area contributed by atoms with E-state index in [4.69, 9.17) is 10.5 Å². The fourth-order valence-corrected chi connectivity index (χ4v) is 3.26. The molecule has 7 nitrogen and oxygen atoms in total. The minimum atomic E-state index is -3.69. The molecule has 8 heteroatoms. The Balaban J connectivity index is 2.96. The molecule has 1 aromatic rings. The molecule has 4 N–H and O–H groups in total. The van der Waals surface area contributed by atoms with Crippen molar-refractivity contribution < 1.29 is 17.9 Å². The summed E-state index contributed by atoms with van der Waals surface area (Å²) in [5.41, 5.74) is 6.75. The largest absolute Gasteiger partial charge is 0.383 e. The Labute approximate surface area is 150 Å². The molecule has 0 radical (unpaired) electrons. The van der Waals surface area contributed by atoms with Gasteiger partial charge in [-0.3, -0.25) is 4.79 Å². The molecule has 0 saturated carbocycles. The monoisotopic (exact) mass is 371 g/mol. The van der Waals surface area contributed by atoms with Crippen LogP contribution < -0.4 is 15.8 Å². The number of carbonyl (C=O) groups excluding carboxylic acids is 1. The molecule has 0 spiro atoms. The number of methoxy groups -OCH3 is 1. The lowest BCUT2D eigenvalue weighted by Gasteiger charge is -2.27. The quantitative estimate of drug-likeness (QED) is 0.535. The summed E-state index contributed by atoms with van der Waals surface area (Å²) < 4.78 is 31.8. The first-order valence-corrected chi connectivity index (χ1v) is 9.83. The van der Waals surface area contributed by atoms with Crippen molar-refractivity contribution in [2.75, 3.05) is 26.8 Å². The summed E-state index contributed by atoms with van der Waals surface area (Å²) in [5, 5.41) is 2.81. The Kier molecular flexibility index (Phi) is 8.01. The van der Waals surface area contributed by atoms with Crippen molar-refractivity contribution in [2.45, 2.75) is 44.0 Å². The fourth-order valence-electron chi connectivity index (χ4n) is 2.23. The Morgan fingerprint density at radius 3 is 2.48 bits per heavy atom. The molecule has 0 aliphatic heterocycles. The second-order valence-corrected chi connectivity index (χ2v) is 7.89. The van der Waals surface area contributed by atoms with E-state index in [1.165, 1.54) is 19.2 Å². The van der Waals surface area contributed by atoms with Gasteiger partial charge in [0.15, 0.2) is 0 Å². The van der Waals surface area contributed by atoms with Gasteiger partial charge >= 0.3 is 0 Å². The van der Waals surface area contributed by atoms with Gasteiger partial charge in [0.1, 0.15) is 0 Å². The first kappa shape index (κ1) is 21.6. The molecule has 0 bridgehead atoms. The first-order valence-electron chi connectivity index (χ1n) is 8.35. The lowest BCUT2D eigenvalue weighted by molar-refractivity contribution is 0.0941. The summed E-state index contributed by atoms with van der Waals surface area (Å²) in [6, 6.07) is 4.48. The zero-order valence-corrected chi connectivity index (χ0v) is 16.2. The minimum Gasteiger partial charge on any atom is -0.383 e. The van der Waals surface area contributed by atoms with Crippen LogP contribution in [0.25, 0.3) is 0 Å². The number of nitrogens with one attached hydrogen (secondary N) is 2. The highest BCUT2D eigenvalue weighted by Crippen LogP contribution is 2.16. The maximum Gasteiger partial charge on any atom is 0.251 e. The third-order valence-corrected chi connectivity index (χ3v) is 5.83. The lowest BCUT2D eigenvalue weighted by Crippen LogP contribution is -2.49. The SMILES string of the molecule is CCC(N)(CC)CNC(=O)c1cc(S(=O)(=O)NCCOC)ccc1C. The van der Waals surface area contributed by atoms with Crippen molar-refractivity contribution in [2.24, 2.45) is 5.73 Å². The molecule has 142 valence electrons. The number of amides is 1. The highest BCUT2D eigenvalue weighted by Gasteiger charge is 2.23. The molecule has 0 aliphatic carbocycles. The van der Waals surface area contributed by atoms with Crippen molar-refractivity contribution in [1.29, 1.82) is 0 Å². The minimum absolute atomic E-state index is 0.0457. The van der Waals surface area contributed by atoms with Gasteiger partial charge in [-0.05, 0) is 37.5 Å². The van der Waals surface area contributed by atoms with Gasteiger partial charge < -0.3 is 15.8 Å². The van der Waals surface area contributed by atoms with Gasteiger partial charge in [0, 0.05) is 31.3 Å². The number of hydrogen-bond donors (Lipinski definition) is 3. The van der Waals surface area contributed by atoms with Gasteiger partial charge in [0.05, 0.1) is 11.5 Å². The molecule has 0 saturated heterocycles. The third kappa shape index (κ3) is 6.07. The van der Waals surface area contributed by atoms with Gasteiger partial charge in [-0.25, -0.2) is 13.1 Å². The number of aryl methyl sites for hydroxylation is 1. The van der Waals surface area contributed by atoms with Crippen LogP contribution in [-0.2, 0) is 14.8 Å². The molecule has 1 rings (SSSR count). The molecule has 0 fully saturated rings. The molecule has 0 aromatic heterocycles. The van der Waals surface area contributed by atoms with E-state index in [1.807, 2.05) is 13.8 Å². The highest BCUT2D eigenvalue weighted by atomic mass is 32.2. The molecule has 1 aromatic carbocycles. The first-order chi connectivity index (χ1) is 11.7. The summed E-state index contributed by atoms with van der Waals surface area (Å²) in [4.78, 5) is 12.5. The Morgan fingerprint density at radius 2 is 1.92 bits per heavy atom. The number of rotatable bonds is 10. The van der Waals surface area contributed by atoms with E-state index in [9.17, 15) is 13.2 Å². The van der Waals surface area contributed by atoms with Crippen LogP contribution in [0, 0.1) is 6.92 Å². The third-order valence-electron chi connectivity index (χ3n) is 4.37. The maximum atomic E-state index is 12.5. The van der Waals surface area contributed by atoms with Gasteiger partial charge in [-0.2, -0.15) is 0 Å². The smallest absolute Gasteiger partial charge is 0.251 e. The second-order valence-electron chi connectivity index (χ2n) is 6.12. The predicted molar refractivity (Wildman–Crippen MR) is 98.1 cm³/mol. The Hall–Kier alpha value is -1.48. The van der Waals surface area contributed by atoms with Crippen LogP contribution in [0.3, 0.4) is 0 Å². The Morgan fingerprint density at radius 1 is 1.28 bits per heavy atom. The number of carbonyl (C=O) groups is 1. The fraction of sp³-hybridized carbons (Fsp3) is 0.588. The van der Waals surface area contributed by atoms with Crippen molar-refractivity contribution in [3.05, 3.63) is 29.3 Å². The summed E-state index contributed by atoms with van der Waals surface area (Å²) in [6.45, 7) is 6.47. The molecular formula is C17H29N3O4S. The molecule has 0 heterocycles.